The Morgan fingerprint density at radius 1 is 1.11 bits per heavy atom. The van der Waals surface area contributed by atoms with Crippen LogP contribution in [0.5, 0.6) is 0 Å². The third-order valence-corrected chi connectivity index (χ3v) is 6.86. The van der Waals surface area contributed by atoms with Crippen molar-refractivity contribution in [3.05, 3.63) is 61.8 Å². The SMILES string of the molecule is Cc1nc(Cc2ccc(F)cc2)sc1C(=O)Nc1nc2c(s1)CCCCC2. The molecule has 0 bridgehead atoms. The van der Waals surface area contributed by atoms with Gasteiger partial charge in [-0.3, -0.25) is 10.1 Å². The Morgan fingerprint density at radius 3 is 2.70 bits per heavy atom. The summed E-state index contributed by atoms with van der Waals surface area (Å²) in [5.41, 5.74) is 2.83. The molecule has 1 aliphatic carbocycles. The molecule has 0 saturated carbocycles. The molecule has 0 saturated heterocycles. The number of hydrogen-bond acceptors (Lipinski definition) is 5. The lowest BCUT2D eigenvalue weighted by Gasteiger charge is -1.99. The second-order valence-corrected chi connectivity index (χ2v) is 8.90. The predicted molar refractivity (Wildman–Crippen MR) is 107 cm³/mol. The van der Waals surface area contributed by atoms with E-state index < -0.39 is 0 Å². The van der Waals surface area contributed by atoms with Crippen LogP contribution in [0.1, 0.15) is 55.8 Å². The average molecular weight is 402 g/mol. The van der Waals surface area contributed by atoms with Gasteiger partial charge in [-0.1, -0.05) is 18.6 Å². The number of aryl methyl sites for hydroxylation is 3. The van der Waals surface area contributed by atoms with Crippen molar-refractivity contribution < 1.29 is 9.18 Å². The number of rotatable bonds is 4. The van der Waals surface area contributed by atoms with Crippen molar-refractivity contribution in [2.75, 3.05) is 5.32 Å². The van der Waals surface area contributed by atoms with Crippen molar-refractivity contribution >= 4 is 33.7 Å². The van der Waals surface area contributed by atoms with Crippen LogP contribution in [0.15, 0.2) is 24.3 Å². The van der Waals surface area contributed by atoms with E-state index in [-0.39, 0.29) is 11.7 Å². The van der Waals surface area contributed by atoms with Gasteiger partial charge in [0.15, 0.2) is 5.13 Å². The molecule has 0 atom stereocenters. The minimum atomic E-state index is -0.254. The van der Waals surface area contributed by atoms with Crippen molar-refractivity contribution in [3.8, 4) is 0 Å². The number of nitrogens with one attached hydrogen (secondary N) is 1. The van der Waals surface area contributed by atoms with Crippen LogP contribution in [0.4, 0.5) is 9.52 Å². The van der Waals surface area contributed by atoms with Crippen molar-refractivity contribution in [3.63, 3.8) is 0 Å². The van der Waals surface area contributed by atoms with Crippen LogP contribution in [0.25, 0.3) is 0 Å². The zero-order valence-electron chi connectivity index (χ0n) is 15.0. The molecular weight excluding hydrogens is 381 g/mol. The van der Waals surface area contributed by atoms with Gasteiger partial charge >= 0.3 is 0 Å². The standard InChI is InChI=1S/C20H20FN3OS2/c1-12-18(27-17(22-12)11-13-7-9-14(21)10-8-13)19(25)24-20-23-15-5-3-2-4-6-16(15)26-20/h7-10H,2-6,11H2,1H3,(H,23,24,25). The molecule has 0 spiro atoms. The second-order valence-electron chi connectivity index (χ2n) is 6.73. The fraction of sp³-hybridized carbons (Fsp3) is 0.350. The lowest BCUT2D eigenvalue weighted by atomic mass is 10.1. The summed E-state index contributed by atoms with van der Waals surface area (Å²) in [4.78, 5) is 23.8. The van der Waals surface area contributed by atoms with E-state index in [1.807, 2.05) is 6.92 Å². The first-order valence-electron chi connectivity index (χ1n) is 9.09. The Hall–Kier alpha value is -2.12. The van der Waals surface area contributed by atoms with Gasteiger partial charge in [0.1, 0.15) is 10.7 Å². The summed E-state index contributed by atoms with van der Waals surface area (Å²) < 4.78 is 13.0. The van der Waals surface area contributed by atoms with Gasteiger partial charge in [0.2, 0.25) is 0 Å². The van der Waals surface area contributed by atoms with Crippen LogP contribution in [0, 0.1) is 12.7 Å². The predicted octanol–water partition coefficient (Wildman–Crippen LogP) is 5.16. The van der Waals surface area contributed by atoms with E-state index in [9.17, 15) is 9.18 Å². The van der Waals surface area contributed by atoms with Gasteiger partial charge in [-0.2, -0.15) is 0 Å². The van der Waals surface area contributed by atoms with E-state index in [2.05, 4.69) is 15.3 Å². The lowest BCUT2D eigenvalue weighted by Crippen LogP contribution is -2.11. The van der Waals surface area contributed by atoms with Crippen LogP contribution < -0.4 is 5.32 Å². The highest BCUT2D eigenvalue weighted by molar-refractivity contribution is 7.16. The summed E-state index contributed by atoms with van der Waals surface area (Å²) >= 11 is 2.98. The average Bonchev–Trinajstić information content (AvgIpc) is 3.12. The van der Waals surface area contributed by atoms with Gasteiger partial charge in [-0.15, -0.1) is 22.7 Å². The van der Waals surface area contributed by atoms with Crippen molar-refractivity contribution in [1.82, 2.24) is 9.97 Å². The van der Waals surface area contributed by atoms with Crippen LogP contribution >= 0.6 is 22.7 Å². The number of fused-ring (bicyclic) bond motifs is 1. The molecular formula is C20H20FN3OS2. The van der Waals surface area contributed by atoms with Crippen LogP contribution in [-0.4, -0.2) is 15.9 Å². The molecule has 0 unspecified atom stereocenters. The number of hydrogen-bond donors (Lipinski definition) is 1. The third kappa shape index (κ3) is 4.25. The quantitative estimate of drug-likeness (QED) is 0.615. The van der Waals surface area contributed by atoms with Crippen molar-refractivity contribution in [2.45, 2.75) is 45.4 Å². The van der Waals surface area contributed by atoms with Gasteiger partial charge in [0.25, 0.3) is 5.91 Å². The number of benzene rings is 1. The Bertz CT molecular complexity index is 939. The highest BCUT2D eigenvalue weighted by Gasteiger charge is 2.19. The summed E-state index contributed by atoms with van der Waals surface area (Å²) in [6, 6.07) is 6.37. The Balaban J connectivity index is 1.47. The number of nitrogens with zero attached hydrogens (tertiary/aromatic N) is 2. The number of thiazole rings is 2. The zero-order valence-corrected chi connectivity index (χ0v) is 16.7. The van der Waals surface area contributed by atoms with E-state index in [1.165, 1.54) is 47.6 Å². The first kappa shape index (κ1) is 18.3. The smallest absolute Gasteiger partial charge is 0.269 e. The molecule has 2 aromatic heterocycles. The molecule has 0 aliphatic heterocycles. The molecule has 1 amide bonds. The zero-order chi connectivity index (χ0) is 18.8. The highest BCUT2D eigenvalue weighted by atomic mass is 32.1. The largest absolute Gasteiger partial charge is 0.297 e. The molecule has 3 aromatic rings. The van der Waals surface area contributed by atoms with Gasteiger partial charge in [0, 0.05) is 11.3 Å². The molecule has 4 nitrogen and oxygen atoms in total. The number of carbonyl (C=O) groups is 1. The number of anilines is 1. The van der Waals surface area contributed by atoms with Crippen molar-refractivity contribution in [2.24, 2.45) is 0 Å². The molecule has 0 fully saturated rings. The minimum absolute atomic E-state index is 0.153. The number of amides is 1. The van der Waals surface area contributed by atoms with E-state index in [4.69, 9.17) is 0 Å². The van der Waals surface area contributed by atoms with E-state index in [1.54, 1.807) is 23.5 Å². The molecule has 4 rings (SSSR count). The van der Waals surface area contributed by atoms with E-state index >= 15 is 0 Å². The molecule has 27 heavy (non-hydrogen) atoms. The Labute approximate surface area is 165 Å². The fourth-order valence-electron chi connectivity index (χ4n) is 3.25. The first-order chi connectivity index (χ1) is 13.1. The van der Waals surface area contributed by atoms with Crippen LogP contribution in [0.2, 0.25) is 0 Å². The summed E-state index contributed by atoms with van der Waals surface area (Å²) in [6.45, 7) is 1.84. The molecule has 1 aliphatic rings. The van der Waals surface area contributed by atoms with E-state index in [0.717, 1.165) is 29.1 Å². The lowest BCUT2D eigenvalue weighted by molar-refractivity contribution is 0.103. The number of halogens is 1. The fourth-order valence-corrected chi connectivity index (χ4v) is 5.29. The highest BCUT2D eigenvalue weighted by Crippen LogP contribution is 2.30. The summed E-state index contributed by atoms with van der Waals surface area (Å²) in [6.07, 6.45) is 6.27. The van der Waals surface area contributed by atoms with Gasteiger partial charge in [-0.05, 0) is 50.3 Å². The van der Waals surface area contributed by atoms with Crippen LogP contribution in [0.3, 0.4) is 0 Å². The molecule has 1 aromatic carbocycles. The molecule has 0 radical (unpaired) electrons. The van der Waals surface area contributed by atoms with Crippen LogP contribution in [-0.2, 0) is 19.3 Å². The van der Waals surface area contributed by atoms with Gasteiger partial charge < -0.3 is 0 Å². The Morgan fingerprint density at radius 2 is 1.89 bits per heavy atom. The minimum Gasteiger partial charge on any atom is -0.297 e. The Kier molecular flexibility index (Phi) is 5.31. The van der Waals surface area contributed by atoms with Gasteiger partial charge in [-0.25, -0.2) is 14.4 Å². The molecule has 2 heterocycles. The number of aromatic nitrogens is 2. The monoisotopic (exact) mass is 401 g/mol. The maximum absolute atomic E-state index is 13.0. The maximum Gasteiger partial charge on any atom is 0.269 e. The summed E-state index contributed by atoms with van der Waals surface area (Å²) in [5, 5.41) is 4.48. The maximum atomic E-state index is 13.0. The first-order valence-corrected chi connectivity index (χ1v) is 10.7. The topological polar surface area (TPSA) is 54.9 Å². The molecule has 1 N–H and O–H groups in total. The van der Waals surface area contributed by atoms with E-state index in [0.29, 0.717) is 22.1 Å². The third-order valence-electron chi connectivity index (χ3n) is 4.63. The summed E-state index contributed by atoms with van der Waals surface area (Å²) in [5.74, 6) is -0.407. The summed E-state index contributed by atoms with van der Waals surface area (Å²) in [7, 11) is 0. The molecule has 7 heteroatoms. The number of carbonyl (C=O) groups excluding carboxylic acids is 1. The van der Waals surface area contributed by atoms with Gasteiger partial charge in [0.05, 0.1) is 16.4 Å². The molecule has 140 valence electrons. The second kappa shape index (κ2) is 7.86. The van der Waals surface area contributed by atoms with Crippen molar-refractivity contribution in [1.29, 1.82) is 0 Å². The normalized spacial score (nSPS) is 13.9.